The van der Waals surface area contributed by atoms with Gasteiger partial charge in [0.15, 0.2) is 0 Å². The molecule has 3 nitrogen and oxygen atoms in total. The van der Waals surface area contributed by atoms with Crippen LogP contribution in [0.3, 0.4) is 0 Å². The van der Waals surface area contributed by atoms with Gasteiger partial charge in [0.05, 0.1) is 17.3 Å². The molecule has 0 bridgehead atoms. The average molecular weight is 275 g/mol. The molecule has 1 N–H and O–H groups in total. The normalized spacial score (nSPS) is 12.1. The molecule has 1 atom stereocenters. The fraction of sp³-hybridized carbons (Fsp3) is 0.267. The maximum absolute atomic E-state index is 11.9. The van der Waals surface area contributed by atoms with Gasteiger partial charge in [0, 0.05) is 7.05 Å². The smallest absolute Gasteiger partial charge is 0.233 e. The van der Waals surface area contributed by atoms with E-state index in [-0.39, 0.29) is 11.2 Å². The van der Waals surface area contributed by atoms with Crippen molar-refractivity contribution in [2.75, 3.05) is 7.05 Å². The molecule has 0 spiro atoms. The van der Waals surface area contributed by atoms with Crippen molar-refractivity contribution >= 4 is 17.7 Å². The van der Waals surface area contributed by atoms with Gasteiger partial charge in [0.2, 0.25) is 5.91 Å². The number of furan rings is 1. The van der Waals surface area contributed by atoms with Gasteiger partial charge in [-0.2, -0.15) is 0 Å². The Morgan fingerprint density at radius 3 is 2.68 bits per heavy atom. The van der Waals surface area contributed by atoms with Gasteiger partial charge < -0.3 is 9.73 Å². The van der Waals surface area contributed by atoms with Crippen molar-refractivity contribution in [2.45, 2.75) is 17.4 Å². The first-order valence-electron chi connectivity index (χ1n) is 6.19. The van der Waals surface area contributed by atoms with Crippen molar-refractivity contribution in [3.63, 3.8) is 0 Å². The van der Waals surface area contributed by atoms with Crippen molar-refractivity contribution in [1.29, 1.82) is 0 Å². The molecule has 100 valence electrons. The second-order valence-electron chi connectivity index (χ2n) is 4.18. The third-order valence-corrected chi connectivity index (χ3v) is 4.04. The number of carbonyl (C=O) groups is 1. The van der Waals surface area contributed by atoms with Crippen LogP contribution < -0.4 is 5.32 Å². The van der Waals surface area contributed by atoms with Gasteiger partial charge in [-0.25, -0.2) is 0 Å². The van der Waals surface area contributed by atoms with E-state index in [0.29, 0.717) is 5.75 Å². The number of rotatable bonds is 6. The lowest BCUT2D eigenvalue weighted by Gasteiger charge is -2.14. The lowest BCUT2D eigenvalue weighted by Crippen LogP contribution is -2.31. The van der Waals surface area contributed by atoms with Crippen LogP contribution in [0.25, 0.3) is 0 Å². The molecule has 2 aromatic rings. The van der Waals surface area contributed by atoms with Gasteiger partial charge in [-0.3, -0.25) is 4.79 Å². The summed E-state index contributed by atoms with van der Waals surface area (Å²) < 4.78 is 5.29. The van der Waals surface area contributed by atoms with Crippen LogP contribution in [0.4, 0.5) is 0 Å². The second kappa shape index (κ2) is 7.04. The summed E-state index contributed by atoms with van der Waals surface area (Å²) in [6.07, 6.45) is 2.38. The Balaban J connectivity index is 1.97. The van der Waals surface area contributed by atoms with E-state index in [2.05, 4.69) is 5.32 Å². The minimum absolute atomic E-state index is 0.0559. The largest absolute Gasteiger partial charge is 0.468 e. The first-order chi connectivity index (χ1) is 9.29. The van der Waals surface area contributed by atoms with E-state index in [1.165, 1.54) is 5.56 Å². The molecule has 1 aromatic carbocycles. The van der Waals surface area contributed by atoms with Crippen molar-refractivity contribution in [1.82, 2.24) is 5.32 Å². The fourth-order valence-electron chi connectivity index (χ4n) is 1.79. The average Bonchev–Trinajstić information content (AvgIpc) is 2.97. The highest BCUT2D eigenvalue weighted by Crippen LogP contribution is 2.21. The molecule has 1 aromatic heterocycles. The molecule has 0 saturated carbocycles. The molecule has 0 radical (unpaired) electrons. The standard InChI is InChI=1S/C15H17NO2S/c1-16-15(17)14(10-12-6-3-2-4-7-12)19-11-13-8-5-9-18-13/h2-9,14H,10-11H2,1H3,(H,16,17). The summed E-state index contributed by atoms with van der Waals surface area (Å²) in [6, 6.07) is 13.8. The van der Waals surface area contributed by atoms with Gasteiger partial charge in [-0.05, 0) is 24.1 Å². The summed E-state index contributed by atoms with van der Waals surface area (Å²) in [5.74, 6) is 1.66. The van der Waals surface area contributed by atoms with Gasteiger partial charge in [0.25, 0.3) is 0 Å². The predicted octanol–water partition coefficient (Wildman–Crippen LogP) is 2.87. The molecule has 1 amide bonds. The van der Waals surface area contributed by atoms with Crippen LogP contribution in [0.5, 0.6) is 0 Å². The first-order valence-corrected chi connectivity index (χ1v) is 7.24. The number of nitrogens with one attached hydrogen (secondary N) is 1. The zero-order valence-corrected chi connectivity index (χ0v) is 11.7. The second-order valence-corrected chi connectivity index (χ2v) is 5.37. The van der Waals surface area contributed by atoms with E-state index in [9.17, 15) is 4.79 Å². The number of hydrogen-bond donors (Lipinski definition) is 1. The van der Waals surface area contributed by atoms with Crippen LogP contribution in [0.15, 0.2) is 53.1 Å². The molecule has 0 aliphatic heterocycles. The van der Waals surface area contributed by atoms with Crippen LogP contribution >= 0.6 is 11.8 Å². The molecule has 0 aliphatic rings. The number of amides is 1. The molecule has 1 heterocycles. The van der Waals surface area contributed by atoms with Crippen LogP contribution in [0.1, 0.15) is 11.3 Å². The van der Waals surface area contributed by atoms with E-state index >= 15 is 0 Å². The maximum atomic E-state index is 11.9. The SMILES string of the molecule is CNC(=O)C(Cc1ccccc1)SCc1ccco1. The van der Waals surface area contributed by atoms with E-state index < -0.39 is 0 Å². The van der Waals surface area contributed by atoms with E-state index in [1.807, 2.05) is 42.5 Å². The molecule has 4 heteroatoms. The molecule has 1 unspecified atom stereocenters. The molecular weight excluding hydrogens is 258 g/mol. The highest BCUT2D eigenvalue weighted by molar-refractivity contribution is 7.99. The van der Waals surface area contributed by atoms with Gasteiger partial charge in [-0.15, -0.1) is 11.8 Å². The molecule has 19 heavy (non-hydrogen) atoms. The Morgan fingerprint density at radius 2 is 2.05 bits per heavy atom. The van der Waals surface area contributed by atoms with Gasteiger partial charge in [0.1, 0.15) is 5.76 Å². The number of benzene rings is 1. The topological polar surface area (TPSA) is 42.2 Å². The summed E-state index contributed by atoms with van der Waals surface area (Å²) in [5, 5.41) is 2.63. The van der Waals surface area contributed by atoms with Gasteiger partial charge in [-0.1, -0.05) is 30.3 Å². The lowest BCUT2D eigenvalue weighted by molar-refractivity contribution is -0.120. The van der Waals surface area contributed by atoms with Crippen LogP contribution in [0, 0.1) is 0 Å². The highest BCUT2D eigenvalue weighted by atomic mass is 32.2. The van der Waals surface area contributed by atoms with Crippen molar-refractivity contribution in [2.24, 2.45) is 0 Å². The number of carbonyl (C=O) groups excluding carboxylic acids is 1. The Hall–Kier alpha value is -1.68. The Bertz CT molecular complexity index is 496. The zero-order valence-electron chi connectivity index (χ0n) is 10.8. The predicted molar refractivity (Wildman–Crippen MR) is 78.0 cm³/mol. The third-order valence-electron chi connectivity index (χ3n) is 2.81. The maximum Gasteiger partial charge on any atom is 0.233 e. The molecule has 2 rings (SSSR count). The summed E-state index contributed by atoms with van der Waals surface area (Å²) in [7, 11) is 1.67. The highest BCUT2D eigenvalue weighted by Gasteiger charge is 2.18. The molecule has 0 saturated heterocycles. The fourth-order valence-corrected chi connectivity index (χ4v) is 2.90. The lowest BCUT2D eigenvalue weighted by atomic mass is 10.1. The van der Waals surface area contributed by atoms with Crippen molar-refractivity contribution in [3.05, 3.63) is 60.1 Å². The third kappa shape index (κ3) is 4.17. The van der Waals surface area contributed by atoms with Crippen LogP contribution in [-0.2, 0) is 17.0 Å². The van der Waals surface area contributed by atoms with E-state index in [1.54, 1.807) is 25.1 Å². The Kier molecular flexibility index (Phi) is 5.10. The summed E-state index contributed by atoms with van der Waals surface area (Å²) in [5.41, 5.74) is 1.17. The van der Waals surface area contributed by atoms with E-state index in [0.717, 1.165) is 12.2 Å². The summed E-state index contributed by atoms with van der Waals surface area (Å²) in [4.78, 5) is 11.9. The quantitative estimate of drug-likeness (QED) is 0.881. The van der Waals surface area contributed by atoms with Crippen molar-refractivity contribution < 1.29 is 9.21 Å². The number of hydrogen-bond acceptors (Lipinski definition) is 3. The van der Waals surface area contributed by atoms with Gasteiger partial charge >= 0.3 is 0 Å². The molecule has 0 aliphatic carbocycles. The minimum atomic E-state index is -0.0995. The monoisotopic (exact) mass is 275 g/mol. The summed E-state index contributed by atoms with van der Waals surface area (Å²) in [6.45, 7) is 0. The number of thioether (sulfide) groups is 1. The zero-order chi connectivity index (χ0) is 13.5. The minimum Gasteiger partial charge on any atom is -0.468 e. The Labute approximate surface area is 117 Å². The summed E-state index contributed by atoms with van der Waals surface area (Å²) >= 11 is 1.60. The molecule has 0 fully saturated rings. The van der Waals surface area contributed by atoms with Crippen LogP contribution in [0.2, 0.25) is 0 Å². The van der Waals surface area contributed by atoms with E-state index in [4.69, 9.17) is 4.42 Å². The first kappa shape index (κ1) is 13.7. The van der Waals surface area contributed by atoms with Crippen LogP contribution in [-0.4, -0.2) is 18.2 Å². The Morgan fingerprint density at radius 1 is 1.26 bits per heavy atom. The molecular formula is C15H17NO2S. The van der Waals surface area contributed by atoms with Crippen molar-refractivity contribution in [3.8, 4) is 0 Å².